The smallest absolute Gasteiger partial charge is 0.327 e. The maximum absolute atomic E-state index is 12.7. The molecule has 0 unspecified atom stereocenters. The van der Waals surface area contributed by atoms with Gasteiger partial charge >= 0.3 is 12.0 Å². The molecule has 0 aromatic rings. The van der Waals surface area contributed by atoms with E-state index in [0.29, 0.717) is 12.8 Å². The van der Waals surface area contributed by atoms with Crippen molar-refractivity contribution in [2.75, 3.05) is 27.2 Å². The Bertz CT molecular complexity index is 527. The van der Waals surface area contributed by atoms with Crippen LogP contribution in [0.25, 0.3) is 0 Å². The number of rotatable bonds is 5. The van der Waals surface area contributed by atoms with Crippen LogP contribution in [0.1, 0.15) is 38.5 Å². The van der Waals surface area contributed by atoms with Crippen LogP contribution < -0.4 is 0 Å². The molecule has 0 atom stereocenters. The highest BCUT2D eigenvalue weighted by Crippen LogP contribution is 2.39. The van der Waals surface area contributed by atoms with Crippen molar-refractivity contribution in [3.05, 3.63) is 0 Å². The first-order valence-electron chi connectivity index (χ1n) is 7.85. The van der Waals surface area contributed by atoms with E-state index in [2.05, 4.69) is 0 Å². The molecule has 1 N–H and O–H groups in total. The second kappa shape index (κ2) is 6.55. The molecule has 1 saturated heterocycles. The quantitative estimate of drug-likeness (QED) is 0.743. The number of nitrogens with zero attached hydrogens (tertiary/aromatic N) is 3. The molecule has 0 aromatic carbocycles. The molecule has 0 radical (unpaired) electrons. The van der Waals surface area contributed by atoms with Crippen LogP contribution in [0.5, 0.6) is 0 Å². The van der Waals surface area contributed by atoms with Gasteiger partial charge in [-0.3, -0.25) is 19.3 Å². The fourth-order valence-corrected chi connectivity index (χ4v) is 3.32. The van der Waals surface area contributed by atoms with Gasteiger partial charge in [0.2, 0.25) is 5.91 Å². The molecular weight excluding hydrogens is 302 g/mol. The first kappa shape index (κ1) is 17.2. The maximum atomic E-state index is 12.7. The lowest BCUT2D eigenvalue weighted by Gasteiger charge is -2.35. The van der Waals surface area contributed by atoms with Crippen molar-refractivity contribution in [3.63, 3.8) is 0 Å². The number of hydrogen-bond acceptors (Lipinski definition) is 4. The summed E-state index contributed by atoms with van der Waals surface area (Å²) < 4.78 is 0. The highest BCUT2D eigenvalue weighted by molar-refractivity contribution is 6.08. The van der Waals surface area contributed by atoms with Gasteiger partial charge in [-0.2, -0.15) is 0 Å². The van der Waals surface area contributed by atoms with Crippen LogP contribution in [0.3, 0.4) is 0 Å². The largest absolute Gasteiger partial charge is 0.481 e. The molecule has 1 heterocycles. The van der Waals surface area contributed by atoms with Gasteiger partial charge in [-0.1, -0.05) is 19.3 Å². The van der Waals surface area contributed by atoms with Crippen LogP contribution >= 0.6 is 0 Å². The van der Waals surface area contributed by atoms with Crippen molar-refractivity contribution in [2.24, 2.45) is 0 Å². The fourth-order valence-electron chi connectivity index (χ4n) is 3.32. The van der Waals surface area contributed by atoms with Crippen LogP contribution in [0.15, 0.2) is 0 Å². The van der Waals surface area contributed by atoms with Crippen molar-refractivity contribution in [1.82, 2.24) is 14.7 Å². The van der Waals surface area contributed by atoms with Crippen LogP contribution in [0, 0.1) is 0 Å². The SMILES string of the molecule is CN(CCC(=O)O)C(=O)CN1C(=O)N(C)C2(CCCCC2)C1=O. The molecule has 0 bridgehead atoms. The van der Waals surface area contributed by atoms with Crippen LogP contribution in [-0.2, 0) is 14.4 Å². The van der Waals surface area contributed by atoms with Gasteiger partial charge in [-0.15, -0.1) is 0 Å². The number of amides is 4. The first-order chi connectivity index (χ1) is 10.8. The summed E-state index contributed by atoms with van der Waals surface area (Å²) in [5.41, 5.74) is -0.796. The van der Waals surface area contributed by atoms with Gasteiger partial charge in [0.15, 0.2) is 0 Å². The fraction of sp³-hybridized carbons (Fsp3) is 0.733. The number of carbonyl (C=O) groups is 4. The van der Waals surface area contributed by atoms with Gasteiger partial charge in [-0.05, 0) is 12.8 Å². The van der Waals surface area contributed by atoms with Crippen molar-refractivity contribution >= 4 is 23.8 Å². The van der Waals surface area contributed by atoms with Crippen LogP contribution in [-0.4, -0.2) is 76.3 Å². The first-order valence-corrected chi connectivity index (χ1v) is 7.85. The van der Waals surface area contributed by atoms with Crippen LogP contribution in [0.2, 0.25) is 0 Å². The third-order valence-electron chi connectivity index (χ3n) is 4.86. The molecule has 4 amide bonds. The number of carboxylic acids is 1. The zero-order chi connectivity index (χ0) is 17.2. The Morgan fingerprint density at radius 2 is 1.83 bits per heavy atom. The van der Waals surface area contributed by atoms with Gasteiger partial charge in [0.1, 0.15) is 12.1 Å². The minimum atomic E-state index is -1.00. The average Bonchev–Trinajstić information content (AvgIpc) is 2.69. The Hall–Kier alpha value is -2.12. The minimum Gasteiger partial charge on any atom is -0.481 e. The van der Waals surface area contributed by atoms with E-state index < -0.39 is 23.4 Å². The molecule has 2 rings (SSSR count). The number of hydrogen-bond donors (Lipinski definition) is 1. The number of carboxylic acid groups (broad SMARTS) is 1. The van der Waals surface area contributed by atoms with Crippen molar-refractivity contribution in [2.45, 2.75) is 44.1 Å². The highest BCUT2D eigenvalue weighted by Gasteiger charge is 2.55. The molecule has 128 valence electrons. The van der Waals surface area contributed by atoms with E-state index in [1.807, 2.05) is 0 Å². The van der Waals surface area contributed by atoms with Gasteiger partial charge in [-0.25, -0.2) is 4.79 Å². The molecule has 1 aliphatic carbocycles. The molecule has 1 aliphatic heterocycles. The molecular formula is C15H23N3O5. The third kappa shape index (κ3) is 3.16. The number of carbonyl (C=O) groups excluding carboxylic acids is 3. The number of urea groups is 1. The Labute approximate surface area is 135 Å². The molecule has 1 spiro atoms. The number of imide groups is 1. The summed E-state index contributed by atoms with van der Waals surface area (Å²) in [6.07, 6.45) is 3.93. The van der Waals surface area contributed by atoms with Crippen LogP contribution in [0.4, 0.5) is 4.79 Å². The van der Waals surface area contributed by atoms with E-state index in [9.17, 15) is 19.2 Å². The molecule has 2 fully saturated rings. The number of aliphatic carboxylic acids is 1. The van der Waals surface area contributed by atoms with Crippen molar-refractivity contribution in [1.29, 1.82) is 0 Å². The summed E-state index contributed by atoms with van der Waals surface area (Å²) in [4.78, 5) is 51.5. The van der Waals surface area contributed by atoms with Crippen molar-refractivity contribution in [3.8, 4) is 0 Å². The average molecular weight is 325 g/mol. The van der Waals surface area contributed by atoms with Crippen molar-refractivity contribution < 1.29 is 24.3 Å². The number of likely N-dealkylation sites (N-methyl/N-ethyl adjacent to an activating group) is 2. The zero-order valence-corrected chi connectivity index (χ0v) is 13.6. The lowest BCUT2D eigenvalue weighted by atomic mass is 9.81. The minimum absolute atomic E-state index is 0.0470. The summed E-state index contributed by atoms with van der Waals surface area (Å²) in [6.45, 7) is -0.286. The molecule has 8 heteroatoms. The Kier molecular flexibility index (Phi) is 4.91. The van der Waals surface area contributed by atoms with Gasteiger partial charge in [0.05, 0.1) is 6.42 Å². The second-order valence-electron chi connectivity index (χ2n) is 6.28. The van der Waals surface area contributed by atoms with E-state index in [1.54, 1.807) is 7.05 Å². The van der Waals surface area contributed by atoms with Gasteiger partial charge < -0.3 is 14.9 Å². The lowest BCUT2D eigenvalue weighted by Crippen LogP contribution is -2.49. The predicted molar refractivity (Wildman–Crippen MR) is 80.6 cm³/mol. The summed E-state index contributed by atoms with van der Waals surface area (Å²) in [6, 6.07) is -0.447. The summed E-state index contributed by atoms with van der Waals surface area (Å²) in [5.74, 6) is -1.74. The van der Waals surface area contributed by atoms with E-state index >= 15 is 0 Å². The van der Waals surface area contributed by atoms with Gasteiger partial charge in [0.25, 0.3) is 5.91 Å². The molecule has 23 heavy (non-hydrogen) atoms. The molecule has 0 aromatic heterocycles. The Balaban J connectivity index is 2.05. The van der Waals surface area contributed by atoms with E-state index in [4.69, 9.17) is 5.11 Å². The predicted octanol–water partition coefficient (Wildman–Crippen LogP) is 0.516. The monoisotopic (exact) mass is 325 g/mol. The highest BCUT2D eigenvalue weighted by atomic mass is 16.4. The summed E-state index contributed by atoms with van der Waals surface area (Å²) in [7, 11) is 3.08. The normalized spacial score (nSPS) is 20.3. The maximum Gasteiger partial charge on any atom is 0.327 e. The summed E-state index contributed by atoms with van der Waals surface area (Å²) >= 11 is 0. The Morgan fingerprint density at radius 3 is 2.39 bits per heavy atom. The van der Waals surface area contributed by atoms with E-state index in [0.717, 1.165) is 24.2 Å². The van der Waals surface area contributed by atoms with Gasteiger partial charge in [0, 0.05) is 20.6 Å². The zero-order valence-electron chi connectivity index (χ0n) is 13.6. The van der Waals surface area contributed by atoms with E-state index in [-0.39, 0.29) is 25.4 Å². The molecule has 2 aliphatic rings. The van der Waals surface area contributed by atoms with E-state index in [1.165, 1.54) is 16.8 Å². The topological polar surface area (TPSA) is 98.2 Å². The molecule has 1 saturated carbocycles. The third-order valence-corrected chi connectivity index (χ3v) is 4.86. The lowest BCUT2D eigenvalue weighted by molar-refractivity contribution is -0.141. The molecule has 8 nitrogen and oxygen atoms in total. The second-order valence-corrected chi connectivity index (χ2v) is 6.28. The summed E-state index contributed by atoms with van der Waals surface area (Å²) in [5, 5.41) is 8.65. The standard InChI is InChI=1S/C15H23N3O5/c1-16(9-6-12(20)21)11(19)10-18-13(22)15(17(2)14(18)23)7-4-3-5-8-15/h3-10H2,1-2H3,(H,20,21). The Morgan fingerprint density at radius 1 is 1.22 bits per heavy atom.